The van der Waals surface area contributed by atoms with Crippen LogP contribution in [0.3, 0.4) is 0 Å². The van der Waals surface area contributed by atoms with E-state index in [1.54, 1.807) is 6.08 Å². The average molecular weight is 841 g/mol. The Hall–Kier alpha value is -2.80. The molecule has 15 nitrogen and oxygen atoms in total. The van der Waals surface area contributed by atoms with Gasteiger partial charge in [0, 0.05) is 6.42 Å². The van der Waals surface area contributed by atoms with Gasteiger partial charge in [-0.25, -0.2) is 0 Å². The third-order valence-corrected chi connectivity index (χ3v) is 9.79. The normalized spacial score (nSPS) is 28.4. The predicted octanol–water partition coefficient (Wildman–Crippen LogP) is 3.75. The number of carbonyl (C=O) groups excluding carboxylic acids is 2. The molecule has 2 rings (SSSR count). The van der Waals surface area contributed by atoms with E-state index >= 15 is 0 Å². The zero-order chi connectivity index (χ0) is 43.3. The Balaban J connectivity index is 1.92. The van der Waals surface area contributed by atoms with Crippen molar-refractivity contribution in [3.63, 3.8) is 0 Å². The van der Waals surface area contributed by atoms with E-state index in [0.717, 1.165) is 44.9 Å². The number of carbonyl (C=O) groups is 2. The Morgan fingerprint density at radius 2 is 1.05 bits per heavy atom. The van der Waals surface area contributed by atoms with E-state index in [2.05, 4.69) is 50.3 Å². The maximum Gasteiger partial charge on any atom is 0.310 e. The van der Waals surface area contributed by atoms with Crippen LogP contribution >= 0.6 is 0 Å². The molecule has 0 aromatic heterocycles. The van der Waals surface area contributed by atoms with Crippen molar-refractivity contribution in [2.75, 3.05) is 26.4 Å². The number of aliphatic hydroxyl groups excluding tert-OH is 7. The van der Waals surface area contributed by atoms with Gasteiger partial charge in [-0.1, -0.05) is 120 Å². The number of unbranched alkanes of at least 4 members (excludes halogenated alkanes) is 7. The molecule has 0 radical (unpaired) electrons. The van der Waals surface area contributed by atoms with Gasteiger partial charge in [0.1, 0.15) is 55.4 Å². The van der Waals surface area contributed by atoms with Crippen LogP contribution in [0, 0.1) is 0 Å². The number of hydrogen-bond donors (Lipinski definition) is 7. The molecule has 59 heavy (non-hydrogen) atoms. The molecule has 2 aliphatic rings. The summed E-state index contributed by atoms with van der Waals surface area (Å²) in [7, 11) is 0. The van der Waals surface area contributed by atoms with Gasteiger partial charge in [-0.15, -0.1) is 0 Å². The summed E-state index contributed by atoms with van der Waals surface area (Å²) >= 11 is 0. The van der Waals surface area contributed by atoms with Gasteiger partial charge in [0.05, 0.1) is 26.2 Å². The van der Waals surface area contributed by atoms with Crippen molar-refractivity contribution in [3.05, 3.63) is 60.8 Å². The van der Waals surface area contributed by atoms with Gasteiger partial charge in [-0.05, 0) is 38.5 Å². The lowest BCUT2D eigenvalue weighted by Crippen LogP contribution is -2.61. The third-order valence-electron chi connectivity index (χ3n) is 9.79. The van der Waals surface area contributed by atoms with Crippen LogP contribution in [0.5, 0.6) is 0 Å². The zero-order valence-electron chi connectivity index (χ0n) is 35.0. The molecule has 2 saturated heterocycles. The van der Waals surface area contributed by atoms with Crippen LogP contribution in [0.1, 0.15) is 110 Å². The van der Waals surface area contributed by atoms with Crippen molar-refractivity contribution in [2.45, 2.75) is 178 Å². The first-order valence-electron chi connectivity index (χ1n) is 21.4. The molecule has 2 aliphatic heterocycles. The molecule has 11 unspecified atom stereocenters. The first-order chi connectivity index (χ1) is 28.5. The van der Waals surface area contributed by atoms with E-state index in [4.69, 9.17) is 28.4 Å². The summed E-state index contributed by atoms with van der Waals surface area (Å²) in [5.74, 6) is -1.08. The highest BCUT2D eigenvalue weighted by Crippen LogP contribution is 2.26. The number of ether oxygens (including phenoxy) is 6. The summed E-state index contributed by atoms with van der Waals surface area (Å²) in [4.78, 5) is 25.4. The summed E-state index contributed by atoms with van der Waals surface area (Å²) in [5.41, 5.74) is 0. The fraction of sp³-hybridized carbons (Fsp3) is 0.727. The van der Waals surface area contributed by atoms with Crippen molar-refractivity contribution in [2.24, 2.45) is 0 Å². The Labute approximate surface area is 350 Å². The minimum atomic E-state index is -1.78. The van der Waals surface area contributed by atoms with Gasteiger partial charge in [0.25, 0.3) is 0 Å². The van der Waals surface area contributed by atoms with Crippen LogP contribution in [0.4, 0.5) is 0 Å². The summed E-state index contributed by atoms with van der Waals surface area (Å²) in [5, 5.41) is 71.7. The van der Waals surface area contributed by atoms with Gasteiger partial charge in [-0.3, -0.25) is 9.59 Å². The van der Waals surface area contributed by atoms with E-state index < -0.39 is 99.3 Å². The SMILES string of the molecule is CC/C=C\C/C=C\C/C=C\C/C=C\C/C=C\CC(=O)OC(COC(=O)CCCCCCCCCC)COC1OC(COC2OC(CO)C(O)C(O)C2O)C(O)C(O)C1O. The second kappa shape index (κ2) is 32.0. The fourth-order valence-electron chi connectivity index (χ4n) is 6.23. The molecule has 7 N–H and O–H groups in total. The highest BCUT2D eigenvalue weighted by molar-refractivity contribution is 5.71. The molecule has 0 aliphatic carbocycles. The lowest BCUT2D eigenvalue weighted by Gasteiger charge is -2.42. The predicted molar refractivity (Wildman–Crippen MR) is 219 cm³/mol. The van der Waals surface area contributed by atoms with Crippen LogP contribution < -0.4 is 0 Å². The Kier molecular flexibility index (Phi) is 28.4. The van der Waals surface area contributed by atoms with Crippen molar-refractivity contribution in [1.29, 1.82) is 0 Å². The topological polar surface area (TPSA) is 231 Å². The molecule has 15 heteroatoms. The molecule has 0 spiro atoms. The molecule has 2 heterocycles. The first kappa shape index (κ1) is 52.3. The number of hydrogen-bond acceptors (Lipinski definition) is 15. The molecule has 0 bridgehead atoms. The van der Waals surface area contributed by atoms with Gasteiger partial charge >= 0.3 is 11.9 Å². The number of aliphatic hydroxyl groups is 7. The Morgan fingerprint density at radius 1 is 0.559 bits per heavy atom. The van der Waals surface area contributed by atoms with Crippen molar-refractivity contribution in [3.8, 4) is 0 Å². The molecule has 0 amide bonds. The second-order valence-corrected chi connectivity index (χ2v) is 14.8. The number of allylic oxidation sites excluding steroid dienone is 9. The first-order valence-corrected chi connectivity index (χ1v) is 21.4. The monoisotopic (exact) mass is 840 g/mol. The van der Waals surface area contributed by atoms with Gasteiger partial charge in [-0.2, -0.15) is 0 Å². The van der Waals surface area contributed by atoms with Gasteiger partial charge in [0.2, 0.25) is 0 Å². The van der Waals surface area contributed by atoms with E-state index in [-0.39, 0.29) is 19.4 Å². The minimum Gasteiger partial charge on any atom is -0.462 e. The highest BCUT2D eigenvalue weighted by Gasteiger charge is 2.47. The number of esters is 2. The summed E-state index contributed by atoms with van der Waals surface area (Å²) in [6, 6.07) is 0. The lowest BCUT2D eigenvalue weighted by atomic mass is 9.98. The van der Waals surface area contributed by atoms with Gasteiger partial charge < -0.3 is 64.2 Å². The fourth-order valence-corrected chi connectivity index (χ4v) is 6.23. The van der Waals surface area contributed by atoms with E-state index in [1.165, 1.54) is 25.7 Å². The average Bonchev–Trinajstić information content (AvgIpc) is 3.23. The van der Waals surface area contributed by atoms with Gasteiger partial charge in [0.15, 0.2) is 18.7 Å². The van der Waals surface area contributed by atoms with Crippen LogP contribution in [0.2, 0.25) is 0 Å². The van der Waals surface area contributed by atoms with Crippen molar-refractivity contribution < 1.29 is 73.8 Å². The van der Waals surface area contributed by atoms with E-state index in [0.29, 0.717) is 12.8 Å². The van der Waals surface area contributed by atoms with Crippen molar-refractivity contribution in [1.82, 2.24) is 0 Å². The number of rotatable bonds is 30. The molecule has 2 fully saturated rings. The molecular formula is C44H72O15. The van der Waals surface area contributed by atoms with E-state index in [9.17, 15) is 45.3 Å². The van der Waals surface area contributed by atoms with Crippen LogP contribution in [-0.4, -0.2) is 142 Å². The molecule has 11 atom stereocenters. The Bertz CT molecular complexity index is 1270. The Morgan fingerprint density at radius 3 is 1.61 bits per heavy atom. The van der Waals surface area contributed by atoms with E-state index in [1.807, 2.05) is 18.2 Å². The maximum absolute atomic E-state index is 12.8. The second-order valence-electron chi connectivity index (χ2n) is 14.8. The summed E-state index contributed by atoms with van der Waals surface area (Å²) in [6.07, 6.45) is 16.1. The third kappa shape index (κ3) is 21.5. The standard InChI is InChI=1S/C44H72O15/c1-3-5-7-9-11-13-14-15-16-17-18-19-21-23-25-27-36(47)57-32(29-54-35(46)26-24-22-20-12-10-8-6-4-2)30-55-43-42(53)40(51)38(49)34(59-43)31-56-44-41(52)39(50)37(48)33(28-45)58-44/h5,7,11,13,15-16,18-19,23,25,32-34,37-45,48-53H,3-4,6,8-10,12,14,17,20-22,24,26-31H2,1-2H3/b7-5-,13-11-,16-15-,19-18-,25-23-. The maximum atomic E-state index is 12.8. The summed E-state index contributed by atoms with van der Waals surface area (Å²) in [6.45, 7) is 2.28. The van der Waals surface area contributed by atoms with Crippen molar-refractivity contribution >= 4 is 11.9 Å². The van der Waals surface area contributed by atoms with Crippen LogP contribution in [0.25, 0.3) is 0 Å². The molecule has 0 aromatic rings. The molecule has 0 aromatic carbocycles. The van der Waals surface area contributed by atoms with Crippen LogP contribution in [0.15, 0.2) is 60.8 Å². The van der Waals surface area contributed by atoms with Crippen LogP contribution in [-0.2, 0) is 38.0 Å². The smallest absolute Gasteiger partial charge is 0.310 e. The summed E-state index contributed by atoms with van der Waals surface area (Å²) < 4.78 is 33.2. The minimum absolute atomic E-state index is 0.0684. The lowest BCUT2D eigenvalue weighted by molar-refractivity contribution is -0.332. The zero-order valence-corrected chi connectivity index (χ0v) is 35.0. The quantitative estimate of drug-likeness (QED) is 0.0310. The highest BCUT2D eigenvalue weighted by atomic mass is 16.7. The molecule has 338 valence electrons. The largest absolute Gasteiger partial charge is 0.462 e. The molecule has 0 saturated carbocycles. The molecular weight excluding hydrogens is 768 g/mol.